The third-order valence-electron chi connectivity index (χ3n) is 3.97. The van der Waals surface area contributed by atoms with E-state index in [1.165, 1.54) is 7.11 Å². The fourth-order valence-electron chi connectivity index (χ4n) is 2.57. The highest BCUT2D eigenvalue weighted by atomic mass is 35.5. The van der Waals surface area contributed by atoms with Gasteiger partial charge in [0, 0.05) is 28.4 Å². The molecule has 0 bridgehead atoms. The Morgan fingerprint density at radius 2 is 1.79 bits per heavy atom. The van der Waals surface area contributed by atoms with Crippen molar-refractivity contribution in [2.24, 2.45) is 0 Å². The number of amides is 1. The van der Waals surface area contributed by atoms with E-state index in [0.717, 1.165) is 11.3 Å². The van der Waals surface area contributed by atoms with Crippen LogP contribution >= 0.6 is 11.6 Å². The first kappa shape index (κ1) is 20.4. The summed E-state index contributed by atoms with van der Waals surface area (Å²) < 4.78 is 16.0. The van der Waals surface area contributed by atoms with Gasteiger partial charge in [-0.05, 0) is 43.3 Å². The van der Waals surface area contributed by atoms with Crippen LogP contribution in [0.4, 0.5) is 5.69 Å². The average Bonchev–Trinajstić information content (AvgIpc) is 2.72. The number of anilines is 1. The van der Waals surface area contributed by atoms with Crippen LogP contribution in [0.15, 0.2) is 48.5 Å². The van der Waals surface area contributed by atoms with E-state index in [1.807, 2.05) is 19.1 Å². The largest absolute Gasteiger partial charge is 0.497 e. The van der Waals surface area contributed by atoms with Crippen molar-refractivity contribution >= 4 is 23.2 Å². The lowest BCUT2D eigenvalue weighted by molar-refractivity contribution is -0.118. The minimum absolute atomic E-state index is 0.217. The third-order valence-corrected chi connectivity index (χ3v) is 4.22. The molecule has 0 atom stereocenters. The van der Waals surface area contributed by atoms with Gasteiger partial charge in [0.25, 0.3) is 5.91 Å². The van der Waals surface area contributed by atoms with Gasteiger partial charge in [-0.1, -0.05) is 11.6 Å². The molecule has 0 radical (unpaired) electrons. The van der Waals surface area contributed by atoms with Gasteiger partial charge < -0.3 is 19.5 Å². The zero-order valence-corrected chi connectivity index (χ0v) is 17.0. The van der Waals surface area contributed by atoms with Crippen molar-refractivity contribution < 1.29 is 19.0 Å². The number of aromatic nitrogens is 2. The molecular formula is C21H20ClN3O4. The summed E-state index contributed by atoms with van der Waals surface area (Å²) in [7, 11) is 3.08. The van der Waals surface area contributed by atoms with Crippen LogP contribution in [0.25, 0.3) is 11.4 Å². The minimum atomic E-state index is -0.349. The lowest BCUT2D eigenvalue weighted by atomic mass is 10.2. The van der Waals surface area contributed by atoms with Gasteiger partial charge in [-0.3, -0.25) is 4.79 Å². The molecule has 150 valence electrons. The Hall–Kier alpha value is -3.32. The smallest absolute Gasteiger partial charge is 0.262 e. The quantitative estimate of drug-likeness (QED) is 0.626. The van der Waals surface area contributed by atoms with Crippen molar-refractivity contribution in [3.63, 3.8) is 0 Å². The molecule has 0 aliphatic heterocycles. The Morgan fingerprint density at radius 3 is 2.48 bits per heavy atom. The molecule has 7 nitrogen and oxygen atoms in total. The number of ether oxygens (including phenoxy) is 3. The zero-order valence-electron chi connectivity index (χ0n) is 16.2. The molecule has 1 N–H and O–H groups in total. The van der Waals surface area contributed by atoms with Crippen molar-refractivity contribution in [1.29, 1.82) is 0 Å². The molecule has 0 fully saturated rings. The second-order valence-corrected chi connectivity index (χ2v) is 6.52. The molecule has 1 aromatic heterocycles. The van der Waals surface area contributed by atoms with Crippen LogP contribution in [-0.4, -0.2) is 36.7 Å². The highest BCUT2D eigenvalue weighted by molar-refractivity contribution is 6.30. The van der Waals surface area contributed by atoms with E-state index >= 15 is 0 Å². The fraction of sp³-hybridized carbons (Fsp3) is 0.190. The molecule has 3 rings (SSSR count). The Kier molecular flexibility index (Phi) is 6.51. The van der Waals surface area contributed by atoms with E-state index in [1.54, 1.807) is 43.5 Å². The van der Waals surface area contributed by atoms with E-state index < -0.39 is 0 Å². The molecule has 0 aliphatic rings. The molecule has 1 heterocycles. The number of methoxy groups -OCH3 is 2. The van der Waals surface area contributed by atoms with Crippen molar-refractivity contribution in [3.8, 4) is 28.8 Å². The molecule has 0 saturated carbocycles. The van der Waals surface area contributed by atoms with Crippen LogP contribution in [-0.2, 0) is 4.79 Å². The monoisotopic (exact) mass is 413 g/mol. The van der Waals surface area contributed by atoms with E-state index in [0.29, 0.717) is 33.9 Å². The van der Waals surface area contributed by atoms with Gasteiger partial charge >= 0.3 is 0 Å². The topological polar surface area (TPSA) is 82.6 Å². The van der Waals surface area contributed by atoms with Crippen LogP contribution in [0.2, 0.25) is 5.02 Å². The van der Waals surface area contributed by atoms with E-state index in [4.69, 9.17) is 25.8 Å². The Labute approximate surface area is 173 Å². The predicted octanol–water partition coefficient (Wildman–Crippen LogP) is 4.14. The second-order valence-electron chi connectivity index (χ2n) is 6.08. The average molecular weight is 414 g/mol. The molecule has 0 saturated heterocycles. The first-order valence-electron chi connectivity index (χ1n) is 8.75. The Morgan fingerprint density at radius 1 is 1.03 bits per heavy atom. The molecule has 3 aromatic rings. The number of hydrogen-bond acceptors (Lipinski definition) is 6. The highest BCUT2D eigenvalue weighted by Crippen LogP contribution is 2.29. The first-order valence-corrected chi connectivity index (χ1v) is 9.12. The van der Waals surface area contributed by atoms with E-state index in [-0.39, 0.29) is 12.5 Å². The van der Waals surface area contributed by atoms with Crippen molar-refractivity contribution in [3.05, 3.63) is 59.2 Å². The minimum Gasteiger partial charge on any atom is -0.497 e. The molecular weight excluding hydrogens is 394 g/mol. The summed E-state index contributed by atoms with van der Waals surface area (Å²) in [6, 6.07) is 13.9. The lowest BCUT2D eigenvalue weighted by Gasteiger charge is -2.12. The van der Waals surface area contributed by atoms with Crippen molar-refractivity contribution in [2.75, 3.05) is 26.1 Å². The van der Waals surface area contributed by atoms with Crippen LogP contribution in [0, 0.1) is 6.92 Å². The molecule has 29 heavy (non-hydrogen) atoms. The van der Waals surface area contributed by atoms with E-state index in [9.17, 15) is 4.79 Å². The number of halogens is 1. The molecule has 2 aromatic carbocycles. The van der Waals surface area contributed by atoms with Crippen molar-refractivity contribution in [1.82, 2.24) is 9.97 Å². The van der Waals surface area contributed by atoms with Crippen LogP contribution in [0.1, 0.15) is 5.69 Å². The zero-order chi connectivity index (χ0) is 20.8. The van der Waals surface area contributed by atoms with Gasteiger partial charge in [-0.25, -0.2) is 4.98 Å². The number of rotatable bonds is 7. The normalized spacial score (nSPS) is 10.3. The molecule has 0 spiro atoms. The molecule has 0 unspecified atom stereocenters. The highest BCUT2D eigenvalue weighted by Gasteiger charge is 2.11. The summed E-state index contributed by atoms with van der Waals surface area (Å²) in [5.74, 6) is 1.56. The number of aryl methyl sites for hydroxylation is 1. The maximum absolute atomic E-state index is 12.3. The fourth-order valence-corrected chi connectivity index (χ4v) is 2.70. The second kappa shape index (κ2) is 9.25. The maximum atomic E-state index is 12.3. The summed E-state index contributed by atoms with van der Waals surface area (Å²) in [6.07, 6.45) is 0. The Balaban J connectivity index is 1.68. The van der Waals surface area contributed by atoms with Crippen LogP contribution < -0.4 is 19.5 Å². The standard InChI is InChI=1S/C21H20ClN3O4/c1-13-10-20(25-21(23-13)14-4-6-15(22)7-5-14)29-12-19(26)24-17-9-8-16(27-2)11-18(17)28-3/h4-11H,12H2,1-3H3,(H,24,26). The number of nitrogens with one attached hydrogen (secondary N) is 1. The predicted molar refractivity (Wildman–Crippen MR) is 111 cm³/mol. The number of carbonyl (C=O) groups excluding carboxylic acids is 1. The van der Waals surface area contributed by atoms with Gasteiger partial charge in [0.15, 0.2) is 12.4 Å². The van der Waals surface area contributed by atoms with Gasteiger partial charge in [-0.2, -0.15) is 4.98 Å². The maximum Gasteiger partial charge on any atom is 0.262 e. The van der Waals surface area contributed by atoms with Gasteiger partial charge in [0.05, 0.1) is 19.9 Å². The van der Waals surface area contributed by atoms with Gasteiger partial charge in [0.1, 0.15) is 11.5 Å². The van der Waals surface area contributed by atoms with Crippen molar-refractivity contribution in [2.45, 2.75) is 6.92 Å². The van der Waals surface area contributed by atoms with Gasteiger partial charge in [0.2, 0.25) is 5.88 Å². The number of hydrogen-bond donors (Lipinski definition) is 1. The van der Waals surface area contributed by atoms with Crippen LogP contribution in [0.3, 0.4) is 0 Å². The summed E-state index contributed by atoms with van der Waals surface area (Å²) in [5.41, 5.74) is 2.04. The number of carbonyl (C=O) groups is 1. The SMILES string of the molecule is COc1ccc(NC(=O)COc2cc(C)nc(-c3ccc(Cl)cc3)n2)c(OC)c1. The van der Waals surface area contributed by atoms with E-state index in [2.05, 4.69) is 15.3 Å². The lowest BCUT2D eigenvalue weighted by Crippen LogP contribution is -2.21. The first-order chi connectivity index (χ1) is 14.0. The Bertz CT molecular complexity index is 1010. The molecule has 0 aliphatic carbocycles. The summed E-state index contributed by atoms with van der Waals surface area (Å²) in [6.45, 7) is 1.61. The summed E-state index contributed by atoms with van der Waals surface area (Å²) in [4.78, 5) is 21.1. The number of nitrogens with zero attached hydrogens (tertiary/aromatic N) is 2. The van der Waals surface area contributed by atoms with Crippen LogP contribution in [0.5, 0.6) is 17.4 Å². The summed E-state index contributed by atoms with van der Waals surface area (Å²) in [5, 5.41) is 3.38. The molecule has 8 heteroatoms. The molecule has 1 amide bonds. The summed E-state index contributed by atoms with van der Waals surface area (Å²) >= 11 is 5.93. The van der Waals surface area contributed by atoms with Gasteiger partial charge in [-0.15, -0.1) is 0 Å². The third kappa shape index (κ3) is 5.36. The number of benzene rings is 2.